The Kier molecular flexibility index (Phi) is 10.0. The SMILES string of the molecule is C#Cc1cc(Nc2nccc(Oc3ccc(NC(=O)OC(C)(C)C)c4ccccc34)n2)cc(C(=O)NC(C)CN2CCOCC2)c1. The van der Waals surface area contributed by atoms with E-state index in [1.807, 2.05) is 52.0 Å². The summed E-state index contributed by atoms with van der Waals surface area (Å²) in [6.07, 6.45) is 6.74. The van der Waals surface area contributed by atoms with Crippen molar-refractivity contribution in [2.24, 2.45) is 0 Å². The van der Waals surface area contributed by atoms with E-state index < -0.39 is 11.7 Å². The zero-order valence-electron chi connectivity index (χ0n) is 26.4. The van der Waals surface area contributed by atoms with Crippen LogP contribution in [0, 0.1) is 12.3 Å². The summed E-state index contributed by atoms with van der Waals surface area (Å²) in [4.78, 5) is 36.7. The van der Waals surface area contributed by atoms with Crippen molar-refractivity contribution in [1.82, 2.24) is 20.2 Å². The molecule has 2 heterocycles. The van der Waals surface area contributed by atoms with E-state index in [4.69, 9.17) is 20.6 Å². The molecule has 11 nitrogen and oxygen atoms in total. The molecule has 0 radical (unpaired) electrons. The average Bonchev–Trinajstić information content (AvgIpc) is 3.02. The normalized spacial score (nSPS) is 14.2. The van der Waals surface area contributed by atoms with Gasteiger partial charge in [0.25, 0.3) is 5.91 Å². The second kappa shape index (κ2) is 14.3. The van der Waals surface area contributed by atoms with Crippen LogP contribution in [-0.2, 0) is 9.47 Å². The van der Waals surface area contributed by atoms with Crippen molar-refractivity contribution in [2.75, 3.05) is 43.5 Å². The molecule has 0 bridgehead atoms. The molecule has 46 heavy (non-hydrogen) atoms. The standard InChI is InChI=1S/C35H38N6O5/c1-6-24-19-25(32(42)37-23(2)22-41-15-17-44-18-16-41)21-26(20-24)38-33-36-14-13-31(40-33)45-30-12-11-29(27-9-7-8-10-28(27)30)39-34(43)46-35(3,4)5/h1,7-14,19-21,23H,15-18,22H2,2-5H3,(H,37,42)(H,39,43)(H,36,38,40). The fourth-order valence-corrected chi connectivity index (χ4v) is 5.02. The zero-order valence-corrected chi connectivity index (χ0v) is 26.4. The van der Waals surface area contributed by atoms with Crippen LogP contribution in [0.5, 0.6) is 11.6 Å². The van der Waals surface area contributed by atoms with Gasteiger partial charge in [-0.05, 0) is 58.0 Å². The van der Waals surface area contributed by atoms with Crippen molar-refractivity contribution >= 4 is 40.1 Å². The number of ether oxygens (including phenoxy) is 3. The number of hydrogen-bond acceptors (Lipinski definition) is 9. The third-order valence-corrected chi connectivity index (χ3v) is 7.00. The number of fused-ring (bicyclic) bond motifs is 1. The minimum absolute atomic E-state index is 0.0631. The molecule has 1 aliphatic rings. The van der Waals surface area contributed by atoms with Crippen LogP contribution < -0.4 is 20.7 Å². The van der Waals surface area contributed by atoms with E-state index in [9.17, 15) is 9.59 Å². The largest absolute Gasteiger partial charge is 0.444 e. The van der Waals surface area contributed by atoms with Crippen LogP contribution in [0.25, 0.3) is 10.8 Å². The van der Waals surface area contributed by atoms with Crippen molar-refractivity contribution in [2.45, 2.75) is 39.3 Å². The number of nitrogens with zero attached hydrogens (tertiary/aromatic N) is 3. The number of carbonyl (C=O) groups excluding carboxylic acids is 2. The maximum Gasteiger partial charge on any atom is 0.412 e. The maximum absolute atomic E-state index is 13.1. The highest BCUT2D eigenvalue weighted by atomic mass is 16.6. The Hall–Kier alpha value is -5.18. The molecule has 2 amide bonds. The summed E-state index contributed by atoms with van der Waals surface area (Å²) in [7, 11) is 0. The maximum atomic E-state index is 13.1. The first-order chi connectivity index (χ1) is 22.1. The molecular formula is C35H38N6O5. The third kappa shape index (κ3) is 8.72. The van der Waals surface area contributed by atoms with Gasteiger partial charge >= 0.3 is 6.09 Å². The Morgan fingerprint density at radius 1 is 1.07 bits per heavy atom. The molecular weight excluding hydrogens is 584 g/mol. The Morgan fingerprint density at radius 2 is 1.83 bits per heavy atom. The average molecular weight is 623 g/mol. The molecule has 11 heteroatoms. The first-order valence-electron chi connectivity index (χ1n) is 15.1. The van der Waals surface area contributed by atoms with E-state index in [0.717, 1.165) is 30.4 Å². The molecule has 5 rings (SSSR count). The van der Waals surface area contributed by atoms with Crippen molar-refractivity contribution in [3.63, 3.8) is 0 Å². The van der Waals surface area contributed by atoms with Crippen LogP contribution in [-0.4, -0.2) is 71.4 Å². The van der Waals surface area contributed by atoms with E-state index in [2.05, 4.69) is 36.7 Å². The molecule has 1 aliphatic heterocycles. The molecule has 1 fully saturated rings. The van der Waals surface area contributed by atoms with Crippen LogP contribution in [0.4, 0.5) is 22.1 Å². The van der Waals surface area contributed by atoms with E-state index in [0.29, 0.717) is 47.3 Å². The van der Waals surface area contributed by atoms with Gasteiger partial charge in [-0.15, -0.1) is 6.42 Å². The number of amides is 2. The van der Waals surface area contributed by atoms with Gasteiger partial charge in [0, 0.05) is 65.5 Å². The van der Waals surface area contributed by atoms with E-state index in [-0.39, 0.29) is 17.9 Å². The van der Waals surface area contributed by atoms with Gasteiger partial charge in [-0.25, -0.2) is 9.78 Å². The Balaban J connectivity index is 1.30. The number of rotatable bonds is 9. The minimum atomic E-state index is -0.625. The minimum Gasteiger partial charge on any atom is -0.444 e. The van der Waals surface area contributed by atoms with Crippen molar-refractivity contribution in [1.29, 1.82) is 0 Å². The predicted octanol–water partition coefficient (Wildman–Crippen LogP) is 5.94. The van der Waals surface area contributed by atoms with Crippen LogP contribution >= 0.6 is 0 Å². The molecule has 1 atom stereocenters. The number of morpholine rings is 1. The molecule has 1 unspecified atom stereocenters. The van der Waals surface area contributed by atoms with E-state index in [1.165, 1.54) is 0 Å². The summed E-state index contributed by atoms with van der Waals surface area (Å²) in [6.45, 7) is 11.2. The molecule has 1 saturated heterocycles. The highest BCUT2D eigenvalue weighted by molar-refractivity contribution is 6.03. The number of aromatic nitrogens is 2. The summed E-state index contributed by atoms with van der Waals surface area (Å²) in [5.74, 6) is 3.47. The van der Waals surface area contributed by atoms with Gasteiger partial charge < -0.3 is 24.8 Å². The molecule has 4 aromatic rings. The summed E-state index contributed by atoms with van der Waals surface area (Å²) >= 11 is 0. The topological polar surface area (TPSA) is 127 Å². The number of nitrogens with one attached hydrogen (secondary N) is 3. The van der Waals surface area contributed by atoms with Gasteiger partial charge in [-0.2, -0.15) is 4.98 Å². The van der Waals surface area contributed by atoms with Gasteiger partial charge in [0.15, 0.2) is 0 Å². The number of terminal acetylenes is 1. The monoisotopic (exact) mass is 622 g/mol. The lowest BCUT2D eigenvalue weighted by Crippen LogP contribution is -2.46. The van der Waals surface area contributed by atoms with Gasteiger partial charge in [0.05, 0.1) is 18.9 Å². The Morgan fingerprint density at radius 3 is 2.57 bits per heavy atom. The number of anilines is 3. The number of benzene rings is 3. The molecule has 0 spiro atoms. The fraction of sp³-hybridized carbons (Fsp3) is 0.314. The van der Waals surface area contributed by atoms with Crippen LogP contribution in [0.15, 0.2) is 66.9 Å². The van der Waals surface area contributed by atoms with Gasteiger partial charge in [-0.3, -0.25) is 15.0 Å². The summed E-state index contributed by atoms with van der Waals surface area (Å²) in [6, 6.07) is 17.8. The molecule has 1 aromatic heterocycles. The first-order valence-corrected chi connectivity index (χ1v) is 15.1. The molecule has 3 aromatic carbocycles. The van der Waals surface area contributed by atoms with Crippen LogP contribution in [0.3, 0.4) is 0 Å². The molecule has 3 N–H and O–H groups in total. The summed E-state index contributed by atoms with van der Waals surface area (Å²) in [5.41, 5.74) is 1.48. The van der Waals surface area contributed by atoms with Crippen molar-refractivity contribution in [3.05, 3.63) is 78.0 Å². The Bertz CT molecular complexity index is 1760. The summed E-state index contributed by atoms with van der Waals surface area (Å²) < 4.78 is 17.0. The lowest BCUT2D eigenvalue weighted by Gasteiger charge is -2.29. The van der Waals surface area contributed by atoms with Gasteiger partial charge in [0.2, 0.25) is 11.8 Å². The summed E-state index contributed by atoms with van der Waals surface area (Å²) in [5, 5.41) is 10.6. The van der Waals surface area contributed by atoms with E-state index in [1.54, 1.807) is 42.6 Å². The lowest BCUT2D eigenvalue weighted by molar-refractivity contribution is 0.0342. The van der Waals surface area contributed by atoms with Gasteiger partial charge in [-0.1, -0.05) is 30.2 Å². The van der Waals surface area contributed by atoms with Crippen molar-refractivity contribution in [3.8, 4) is 24.0 Å². The van der Waals surface area contributed by atoms with Crippen LogP contribution in [0.2, 0.25) is 0 Å². The fourth-order valence-electron chi connectivity index (χ4n) is 5.02. The molecule has 0 saturated carbocycles. The number of hydrogen-bond donors (Lipinski definition) is 3. The third-order valence-electron chi connectivity index (χ3n) is 7.00. The predicted molar refractivity (Wildman–Crippen MR) is 178 cm³/mol. The second-order valence-corrected chi connectivity index (χ2v) is 12.0. The smallest absolute Gasteiger partial charge is 0.412 e. The van der Waals surface area contributed by atoms with E-state index >= 15 is 0 Å². The first kappa shape index (κ1) is 32.2. The molecule has 0 aliphatic carbocycles. The van der Waals surface area contributed by atoms with Crippen molar-refractivity contribution < 1.29 is 23.8 Å². The number of carbonyl (C=O) groups is 2. The van der Waals surface area contributed by atoms with Crippen LogP contribution in [0.1, 0.15) is 43.6 Å². The highest BCUT2D eigenvalue weighted by Crippen LogP contribution is 2.34. The second-order valence-electron chi connectivity index (χ2n) is 12.0. The lowest BCUT2D eigenvalue weighted by atomic mass is 10.1. The Labute approximate surface area is 268 Å². The molecule has 238 valence electrons. The van der Waals surface area contributed by atoms with Gasteiger partial charge in [0.1, 0.15) is 11.4 Å². The quantitative estimate of drug-likeness (QED) is 0.194. The highest BCUT2D eigenvalue weighted by Gasteiger charge is 2.19. The zero-order chi connectivity index (χ0) is 32.7.